The van der Waals surface area contributed by atoms with Crippen molar-refractivity contribution in [3.63, 3.8) is 0 Å². The first-order chi connectivity index (χ1) is 11.1. The van der Waals surface area contributed by atoms with E-state index < -0.39 is 6.61 Å². The lowest BCUT2D eigenvalue weighted by Crippen LogP contribution is -2.41. The second-order valence-electron chi connectivity index (χ2n) is 5.44. The van der Waals surface area contributed by atoms with Gasteiger partial charge in [-0.1, -0.05) is 12.1 Å². The molecule has 1 aromatic carbocycles. The summed E-state index contributed by atoms with van der Waals surface area (Å²) in [6, 6.07) is 6.61. The average Bonchev–Trinajstić information content (AvgIpc) is 3.03. The third kappa shape index (κ3) is 6.76. The lowest BCUT2D eigenvalue weighted by molar-refractivity contribution is -0.0498. The molecular weight excluding hydrogens is 431 g/mol. The first kappa shape index (κ1) is 20.9. The molecular formula is C16H24F2IN3O2. The highest BCUT2D eigenvalue weighted by molar-refractivity contribution is 14.0. The molecule has 0 radical (unpaired) electrons. The molecule has 0 bridgehead atoms. The largest absolute Gasteiger partial charge is 0.435 e. The van der Waals surface area contributed by atoms with E-state index in [1.54, 1.807) is 19.2 Å². The highest BCUT2D eigenvalue weighted by Crippen LogP contribution is 2.16. The third-order valence-electron chi connectivity index (χ3n) is 3.65. The molecule has 1 unspecified atom stereocenters. The second kappa shape index (κ2) is 10.7. The standard InChI is InChI=1S/C16H23F2N3O2.HI/c1-19-16(20-10-14-4-3-9-22-14)21(2)11-12-5-7-13(8-6-12)23-15(17)18;/h5-8,14-15H,3-4,9-11H2,1-2H3,(H,19,20);1H. The van der Waals surface area contributed by atoms with E-state index in [4.69, 9.17) is 4.74 Å². The Kier molecular flexibility index (Phi) is 9.27. The van der Waals surface area contributed by atoms with Gasteiger partial charge in [-0.2, -0.15) is 8.78 Å². The average molecular weight is 455 g/mol. The van der Waals surface area contributed by atoms with Gasteiger partial charge in [0.15, 0.2) is 5.96 Å². The zero-order valence-electron chi connectivity index (χ0n) is 13.9. The van der Waals surface area contributed by atoms with E-state index in [9.17, 15) is 8.78 Å². The van der Waals surface area contributed by atoms with Crippen molar-refractivity contribution in [2.45, 2.75) is 32.1 Å². The van der Waals surface area contributed by atoms with Crippen molar-refractivity contribution >= 4 is 29.9 Å². The Morgan fingerprint density at radius 2 is 2.12 bits per heavy atom. The van der Waals surface area contributed by atoms with Crippen LogP contribution in [0.1, 0.15) is 18.4 Å². The molecule has 5 nitrogen and oxygen atoms in total. The van der Waals surface area contributed by atoms with Gasteiger partial charge in [-0.05, 0) is 30.5 Å². The minimum atomic E-state index is -2.80. The predicted octanol–water partition coefficient (Wildman–Crippen LogP) is 3.09. The van der Waals surface area contributed by atoms with Gasteiger partial charge >= 0.3 is 6.61 Å². The third-order valence-corrected chi connectivity index (χ3v) is 3.65. The number of rotatable bonds is 6. The summed E-state index contributed by atoms with van der Waals surface area (Å²) in [6.45, 7) is -0.629. The van der Waals surface area contributed by atoms with Crippen molar-refractivity contribution < 1.29 is 18.3 Å². The number of aliphatic imine (C=N–C) groups is 1. The summed E-state index contributed by atoms with van der Waals surface area (Å²) in [6.07, 6.45) is 2.42. The Labute approximate surface area is 158 Å². The van der Waals surface area contributed by atoms with Crippen LogP contribution in [-0.4, -0.2) is 50.8 Å². The first-order valence-corrected chi connectivity index (χ1v) is 7.65. The van der Waals surface area contributed by atoms with Gasteiger partial charge in [-0.25, -0.2) is 0 Å². The molecule has 0 aliphatic carbocycles. The maximum absolute atomic E-state index is 12.1. The first-order valence-electron chi connectivity index (χ1n) is 7.65. The highest BCUT2D eigenvalue weighted by atomic mass is 127. The summed E-state index contributed by atoms with van der Waals surface area (Å²) in [4.78, 5) is 6.22. The fraction of sp³-hybridized carbons (Fsp3) is 0.562. The smallest absolute Gasteiger partial charge is 0.387 e. The molecule has 1 saturated heterocycles. The number of guanidine groups is 1. The highest BCUT2D eigenvalue weighted by Gasteiger charge is 2.16. The van der Waals surface area contributed by atoms with Gasteiger partial charge in [0.1, 0.15) is 5.75 Å². The summed E-state index contributed by atoms with van der Waals surface area (Å²) in [5, 5.41) is 3.30. The lowest BCUT2D eigenvalue weighted by atomic mass is 10.2. The van der Waals surface area contributed by atoms with Crippen LogP contribution in [0.3, 0.4) is 0 Å². The Hall–Kier alpha value is -1.16. The molecule has 1 aliphatic heterocycles. The van der Waals surface area contributed by atoms with E-state index in [0.29, 0.717) is 6.54 Å². The summed E-state index contributed by atoms with van der Waals surface area (Å²) >= 11 is 0. The van der Waals surface area contributed by atoms with Gasteiger partial charge in [0.05, 0.1) is 6.10 Å². The van der Waals surface area contributed by atoms with Crippen LogP contribution >= 0.6 is 24.0 Å². The van der Waals surface area contributed by atoms with Gasteiger partial charge in [-0.3, -0.25) is 4.99 Å². The van der Waals surface area contributed by atoms with Crippen LogP contribution in [0, 0.1) is 0 Å². The number of alkyl halides is 2. The predicted molar refractivity (Wildman–Crippen MR) is 100 cm³/mol. The fourth-order valence-corrected chi connectivity index (χ4v) is 2.52. The van der Waals surface area contributed by atoms with Crippen molar-refractivity contribution in [1.82, 2.24) is 10.2 Å². The van der Waals surface area contributed by atoms with Crippen LogP contribution < -0.4 is 10.1 Å². The maximum Gasteiger partial charge on any atom is 0.387 e. The number of halogens is 3. The van der Waals surface area contributed by atoms with Gasteiger partial charge in [0, 0.05) is 33.8 Å². The summed E-state index contributed by atoms with van der Waals surface area (Å²) in [5.41, 5.74) is 0.981. The number of nitrogens with zero attached hydrogens (tertiary/aromatic N) is 2. The van der Waals surface area contributed by atoms with Gasteiger partial charge < -0.3 is 19.7 Å². The Balaban J connectivity index is 0.00000288. The number of hydrogen-bond donors (Lipinski definition) is 1. The van der Waals surface area contributed by atoms with E-state index in [-0.39, 0.29) is 35.8 Å². The van der Waals surface area contributed by atoms with Crippen LogP contribution in [0.15, 0.2) is 29.3 Å². The SMILES string of the molecule is CN=C(NCC1CCCO1)N(C)Cc1ccc(OC(F)F)cc1.I. The second-order valence-corrected chi connectivity index (χ2v) is 5.44. The molecule has 24 heavy (non-hydrogen) atoms. The molecule has 0 amide bonds. The van der Waals surface area contributed by atoms with Crippen LogP contribution in [0.2, 0.25) is 0 Å². The van der Waals surface area contributed by atoms with Crippen LogP contribution in [0.4, 0.5) is 8.78 Å². The maximum atomic E-state index is 12.1. The van der Waals surface area contributed by atoms with Crippen LogP contribution in [0.5, 0.6) is 5.75 Å². The zero-order valence-corrected chi connectivity index (χ0v) is 16.2. The molecule has 1 heterocycles. The molecule has 2 rings (SSSR count). The zero-order chi connectivity index (χ0) is 16.7. The van der Waals surface area contributed by atoms with E-state index in [1.165, 1.54) is 12.1 Å². The van der Waals surface area contributed by atoms with Gasteiger partial charge in [-0.15, -0.1) is 24.0 Å². The van der Waals surface area contributed by atoms with E-state index >= 15 is 0 Å². The summed E-state index contributed by atoms with van der Waals surface area (Å²) in [7, 11) is 3.66. The van der Waals surface area contributed by atoms with Crippen LogP contribution in [0.25, 0.3) is 0 Å². The molecule has 1 aliphatic rings. The molecule has 1 atom stereocenters. The number of hydrogen-bond acceptors (Lipinski definition) is 3. The minimum Gasteiger partial charge on any atom is -0.435 e. The van der Waals surface area contributed by atoms with Crippen molar-refractivity contribution in [1.29, 1.82) is 0 Å². The Bertz CT molecular complexity index is 509. The van der Waals surface area contributed by atoms with Gasteiger partial charge in [0.25, 0.3) is 0 Å². The number of ether oxygens (including phenoxy) is 2. The van der Waals surface area contributed by atoms with Crippen molar-refractivity contribution in [3.8, 4) is 5.75 Å². The van der Waals surface area contributed by atoms with Crippen molar-refractivity contribution in [2.24, 2.45) is 4.99 Å². The fourth-order valence-electron chi connectivity index (χ4n) is 2.52. The summed E-state index contributed by atoms with van der Waals surface area (Å²) < 4.78 is 34.2. The Morgan fingerprint density at radius 1 is 1.42 bits per heavy atom. The van der Waals surface area contributed by atoms with E-state index in [1.807, 2.05) is 11.9 Å². The molecule has 136 valence electrons. The molecule has 1 aromatic rings. The molecule has 0 aromatic heterocycles. The van der Waals surface area contributed by atoms with E-state index in [0.717, 1.165) is 37.5 Å². The molecule has 0 saturated carbocycles. The number of benzene rings is 1. The molecule has 0 spiro atoms. The minimum absolute atomic E-state index is 0. The molecule has 1 fully saturated rings. The number of nitrogens with one attached hydrogen (secondary N) is 1. The summed E-state index contributed by atoms with van der Waals surface area (Å²) in [5.74, 6) is 0.931. The lowest BCUT2D eigenvalue weighted by Gasteiger charge is -2.23. The van der Waals surface area contributed by atoms with Crippen molar-refractivity contribution in [2.75, 3.05) is 27.2 Å². The normalized spacial score (nSPS) is 17.5. The quantitative estimate of drug-likeness (QED) is 0.407. The van der Waals surface area contributed by atoms with E-state index in [2.05, 4.69) is 15.0 Å². The molecule has 1 N–H and O–H groups in total. The molecule has 8 heteroatoms. The van der Waals surface area contributed by atoms with Crippen molar-refractivity contribution in [3.05, 3.63) is 29.8 Å². The van der Waals surface area contributed by atoms with Crippen LogP contribution in [-0.2, 0) is 11.3 Å². The van der Waals surface area contributed by atoms with Gasteiger partial charge in [0.2, 0.25) is 0 Å². The topological polar surface area (TPSA) is 46.1 Å². The monoisotopic (exact) mass is 455 g/mol. The Morgan fingerprint density at radius 3 is 2.67 bits per heavy atom.